The van der Waals surface area contributed by atoms with Crippen LogP contribution in [0.25, 0.3) is 0 Å². The van der Waals surface area contributed by atoms with E-state index in [4.69, 9.17) is 21.1 Å². The molecule has 2 aromatic rings. The molecule has 0 aliphatic rings. The van der Waals surface area contributed by atoms with Crippen LogP contribution in [0.5, 0.6) is 11.5 Å². The van der Waals surface area contributed by atoms with Gasteiger partial charge < -0.3 is 19.7 Å². The zero-order valence-electron chi connectivity index (χ0n) is 14.9. The molecule has 0 aliphatic heterocycles. The number of carbonyl (C=O) groups is 2. The Morgan fingerprint density at radius 1 is 1.08 bits per heavy atom. The monoisotopic (exact) mass is 376 g/mol. The summed E-state index contributed by atoms with van der Waals surface area (Å²) < 4.78 is 10.2. The second-order valence-corrected chi connectivity index (χ2v) is 5.92. The third-order valence-electron chi connectivity index (χ3n) is 3.76. The lowest BCUT2D eigenvalue weighted by molar-refractivity contribution is -0.117. The summed E-state index contributed by atoms with van der Waals surface area (Å²) >= 11 is 6.12. The summed E-state index contributed by atoms with van der Waals surface area (Å²) in [6, 6.07) is 12.1. The number of halogens is 1. The van der Waals surface area contributed by atoms with Crippen LogP contribution in [-0.2, 0) is 9.59 Å². The average Bonchev–Trinajstić information content (AvgIpc) is 2.62. The fraction of sp³-hybridized carbons (Fsp3) is 0.263. The second kappa shape index (κ2) is 9.10. The molecule has 0 saturated carbocycles. The third kappa shape index (κ3) is 5.13. The molecule has 138 valence electrons. The molecule has 0 atom stereocenters. The Hall–Kier alpha value is -2.73. The highest BCUT2D eigenvalue weighted by Gasteiger charge is 2.15. The summed E-state index contributed by atoms with van der Waals surface area (Å²) in [6.45, 7) is 1.68. The van der Waals surface area contributed by atoms with Gasteiger partial charge in [0.15, 0.2) is 0 Å². The highest BCUT2D eigenvalue weighted by Crippen LogP contribution is 2.29. The summed E-state index contributed by atoms with van der Waals surface area (Å²) in [5.74, 6) is 0.864. The van der Waals surface area contributed by atoms with Crippen LogP contribution in [0, 0.1) is 0 Å². The topological polar surface area (TPSA) is 67.9 Å². The third-order valence-corrected chi connectivity index (χ3v) is 4.06. The maximum absolute atomic E-state index is 12.2. The predicted octanol–water partition coefficient (Wildman–Crippen LogP) is 3.74. The zero-order chi connectivity index (χ0) is 19.1. The molecule has 0 aliphatic carbocycles. The van der Waals surface area contributed by atoms with Crippen molar-refractivity contribution in [3.05, 3.63) is 47.5 Å². The van der Waals surface area contributed by atoms with Crippen molar-refractivity contribution in [3.8, 4) is 11.5 Å². The summed E-state index contributed by atoms with van der Waals surface area (Å²) in [5, 5.41) is 3.19. The number of rotatable bonds is 7. The van der Waals surface area contributed by atoms with Crippen molar-refractivity contribution in [2.24, 2.45) is 0 Å². The number of amides is 2. The molecule has 0 spiro atoms. The van der Waals surface area contributed by atoms with Crippen LogP contribution in [-0.4, -0.2) is 32.6 Å². The van der Waals surface area contributed by atoms with Gasteiger partial charge in [-0.1, -0.05) is 11.6 Å². The van der Waals surface area contributed by atoms with Crippen molar-refractivity contribution in [2.75, 3.05) is 31.0 Å². The van der Waals surface area contributed by atoms with E-state index in [1.165, 1.54) is 18.9 Å². The maximum atomic E-state index is 12.2. The smallest absolute Gasteiger partial charge is 0.226 e. The number of benzene rings is 2. The van der Waals surface area contributed by atoms with Gasteiger partial charge in [0.05, 0.1) is 19.2 Å². The summed E-state index contributed by atoms with van der Waals surface area (Å²) in [5.41, 5.74) is 1.28. The summed E-state index contributed by atoms with van der Waals surface area (Å²) in [7, 11) is 3.10. The van der Waals surface area contributed by atoms with E-state index >= 15 is 0 Å². The van der Waals surface area contributed by atoms with Crippen LogP contribution in [0.4, 0.5) is 11.4 Å². The highest BCUT2D eigenvalue weighted by atomic mass is 35.5. The number of anilines is 2. The Morgan fingerprint density at radius 2 is 1.77 bits per heavy atom. The SMILES string of the molecule is COc1ccc(NC(=O)CCN(C(C)=O)c2ccc(OC)c(Cl)c2)cc1. The van der Waals surface area contributed by atoms with Gasteiger partial charge in [0.2, 0.25) is 11.8 Å². The van der Waals surface area contributed by atoms with Crippen molar-refractivity contribution >= 4 is 34.8 Å². The molecule has 2 aromatic carbocycles. The van der Waals surface area contributed by atoms with Gasteiger partial charge in [-0.25, -0.2) is 0 Å². The first-order chi connectivity index (χ1) is 12.4. The van der Waals surface area contributed by atoms with Gasteiger partial charge in [0.1, 0.15) is 11.5 Å². The van der Waals surface area contributed by atoms with E-state index in [9.17, 15) is 9.59 Å². The van der Waals surface area contributed by atoms with Crippen LogP contribution in [0.15, 0.2) is 42.5 Å². The van der Waals surface area contributed by atoms with E-state index in [0.29, 0.717) is 27.9 Å². The average molecular weight is 377 g/mol. The first-order valence-electron chi connectivity index (χ1n) is 8.00. The van der Waals surface area contributed by atoms with Crippen LogP contribution < -0.4 is 19.7 Å². The number of nitrogens with one attached hydrogen (secondary N) is 1. The second-order valence-electron chi connectivity index (χ2n) is 5.52. The molecule has 0 bridgehead atoms. The Balaban J connectivity index is 2.00. The van der Waals surface area contributed by atoms with E-state index in [1.807, 2.05) is 0 Å². The molecular weight excluding hydrogens is 356 g/mol. The van der Waals surface area contributed by atoms with Crippen LogP contribution in [0.1, 0.15) is 13.3 Å². The van der Waals surface area contributed by atoms with Crippen LogP contribution in [0.2, 0.25) is 5.02 Å². The number of hydrogen-bond acceptors (Lipinski definition) is 4. The Labute approximate surface area is 157 Å². The van der Waals surface area contributed by atoms with Gasteiger partial charge in [0.25, 0.3) is 0 Å². The van der Waals surface area contributed by atoms with Gasteiger partial charge in [-0.2, -0.15) is 0 Å². The quantitative estimate of drug-likeness (QED) is 0.799. The lowest BCUT2D eigenvalue weighted by atomic mass is 10.2. The lowest BCUT2D eigenvalue weighted by Crippen LogP contribution is -2.31. The van der Waals surface area contributed by atoms with Crippen molar-refractivity contribution in [1.29, 1.82) is 0 Å². The minimum Gasteiger partial charge on any atom is -0.497 e. The van der Waals surface area contributed by atoms with E-state index in [0.717, 1.165) is 0 Å². The van der Waals surface area contributed by atoms with Gasteiger partial charge >= 0.3 is 0 Å². The fourth-order valence-corrected chi connectivity index (χ4v) is 2.65. The van der Waals surface area contributed by atoms with E-state index in [2.05, 4.69) is 5.32 Å². The predicted molar refractivity (Wildman–Crippen MR) is 102 cm³/mol. The Morgan fingerprint density at radius 3 is 2.31 bits per heavy atom. The molecule has 1 N–H and O–H groups in total. The molecule has 0 radical (unpaired) electrons. The zero-order valence-corrected chi connectivity index (χ0v) is 15.7. The molecule has 7 heteroatoms. The van der Waals surface area contributed by atoms with E-state index in [1.54, 1.807) is 49.6 Å². The van der Waals surface area contributed by atoms with Crippen molar-refractivity contribution in [2.45, 2.75) is 13.3 Å². The Kier molecular flexibility index (Phi) is 6.86. The van der Waals surface area contributed by atoms with Crippen molar-refractivity contribution in [3.63, 3.8) is 0 Å². The minimum absolute atomic E-state index is 0.148. The number of nitrogens with zero attached hydrogens (tertiary/aromatic N) is 1. The largest absolute Gasteiger partial charge is 0.497 e. The van der Waals surface area contributed by atoms with E-state index in [-0.39, 0.29) is 24.8 Å². The van der Waals surface area contributed by atoms with Gasteiger partial charge in [-0.15, -0.1) is 0 Å². The number of methoxy groups -OCH3 is 2. The first-order valence-corrected chi connectivity index (χ1v) is 8.38. The molecule has 0 unspecified atom stereocenters. The van der Waals surface area contributed by atoms with Gasteiger partial charge in [0, 0.05) is 31.3 Å². The normalized spacial score (nSPS) is 10.2. The molecule has 2 amide bonds. The number of hydrogen-bond donors (Lipinski definition) is 1. The molecule has 0 saturated heterocycles. The molecule has 0 heterocycles. The summed E-state index contributed by atoms with van der Waals surface area (Å²) in [6.07, 6.45) is 0.148. The van der Waals surface area contributed by atoms with E-state index < -0.39 is 0 Å². The fourth-order valence-electron chi connectivity index (χ4n) is 2.40. The standard InChI is InChI=1S/C19H21ClN2O4/c1-13(23)22(15-6-9-18(26-3)17(20)12-15)11-10-19(24)21-14-4-7-16(25-2)8-5-14/h4-9,12H,10-11H2,1-3H3,(H,21,24). The molecule has 0 aromatic heterocycles. The number of ether oxygens (including phenoxy) is 2. The molecular formula is C19H21ClN2O4. The van der Waals surface area contributed by atoms with Crippen molar-refractivity contribution in [1.82, 2.24) is 0 Å². The van der Waals surface area contributed by atoms with Crippen molar-refractivity contribution < 1.29 is 19.1 Å². The first kappa shape index (κ1) is 19.6. The molecule has 0 fully saturated rings. The Bertz CT molecular complexity index is 778. The van der Waals surface area contributed by atoms with Crippen LogP contribution >= 0.6 is 11.6 Å². The molecule has 26 heavy (non-hydrogen) atoms. The number of carbonyl (C=O) groups excluding carboxylic acids is 2. The van der Waals surface area contributed by atoms with Gasteiger partial charge in [-0.3, -0.25) is 9.59 Å². The molecule has 6 nitrogen and oxygen atoms in total. The summed E-state index contributed by atoms with van der Waals surface area (Å²) in [4.78, 5) is 25.6. The minimum atomic E-state index is -0.193. The lowest BCUT2D eigenvalue weighted by Gasteiger charge is -2.21. The highest BCUT2D eigenvalue weighted by molar-refractivity contribution is 6.32. The maximum Gasteiger partial charge on any atom is 0.226 e. The van der Waals surface area contributed by atoms with Crippen LogP contribution in [0.3, 0.4) is 0 Å². The van der Waals surface area contributed by atoms with Gasteiger partial charge in [-0.05, 0) is 42.5 Å². The molecule has 2 rings (SSSR count).